The van der Waals surface area contributed by atoms with Crippen molar-refractivity contribution in [2.75, 3.05) is 19.6 Å². The number of rotatable bonds is 8. The highest BCUT2D eigenvalue weighted by atomic mass is 16.5. The molecule has 0 bridgehead atoms. The van der Waals surface area contributed by atoms with E-state index < -0.39 is 17.9 Å². The largest absolute Gasteiger partial charge is 0.481 e. The molecule has 1 heterocycles. The Morgan fingerprint density at radius 1 is 1.00 bits per heavy atom. The van der Waals surface area contributed by atoms with Crippen molar-refractivity contribution >= 4 is 17.9 Å². The lowest BCUT2D eigenvalue weighted by molar-refractivity contribution is -0.146. The summed E-state index contributed by atoms with van der Waals surface area (Å²) in [5, 5.41) is 17.9. The van der Waals surface area contributed by atoms with Crippen molar-refractivity contribution in [1.29, 1.82) is 0 Å². The second-order valence-electron chi connectivity index (χ2n) is 6.06. The molecule has 0 spiro atoms. The van der Waals surface area contributed by atoms with Gasteiger partial charge in [0.2, 0.25) is 0 Å². The Hall–Kier alpha value is -2.41. The van der Waals surface area contributed by atoms with Gasteiger partial charge in [-0.15, -0.1) is 0 Å². The van der Waals surface area contributed by atoms with E-state index >= 15 is 0 Å². The number of nitrogens with zero attached hydrogens (tertiary/aromatic N) is 1. The van der Waals surface area contributed by atoms with Crippen LogP contribution in [0.15, 0.2) is 30.3 Å². The van der Waals surface area contributed by atoms with Gasteiger partial charge in [-0.05, 0) is 17.4 Å². The summed E-state index contributed by atoms with van der Waals surface area (Å²) < 4.78 is 5.21. The van der Waals surface area contributed by atoms with Crippen LogP contribution in [-0.2, 0) is 25.7 Å². The summed E-state index contributed by atoms with van der Waals surface area (Å²) in [5.74, 6) is -2.84. The molecule has 1 aliphatic rings. The van der Waals surface area contributed by atoms with Crippen molar-refractivity contribution in [3.63, 3.8) is 0 Å². The van der Waals surface area contributed by atoms with Gasteiger partial charge in [-0.3, -0.25) is 19.3 Å². The highest BCUT2D eigenvalue weighted by molar-refractivity contribution is 5.72. The number of likely N-dealkylation sites (tertiary alicyclic amines) is 1. The summed E-state index contributed by atoms with van der Waals surface area (Å²) in [7, 11) is 0. The van der Waals surface area contributed by atoms with Crippen molar-refractivity contribution in [1.82, 2.24) is 4.90 Å². The predicted octanol–water partition coefficient (Wildman–Crippen LogP) is 1.23. The Morgan fingerprint density at radius 2 is 1.54 bits per heavy atom. The molecule has 7 heteroatoms. The van der Waals surface area contributed by atoms with Gasteiger partial charge < -0.3 is 14.9 Å². The molecule has 0 saturated carbocycles. The molecule has 2 atom stereocenters. The summed E-state index contributed by atoms with van der Waals surface area (Å²) >= 11 is 0. The minimum Gasteiger partial charge on any atom is -0.481 e. The summed E-state index contributed by atoms with van der Waals surface area (Å²) in [5.41, 5.74) is 0.889. The van der Waals surface area contributed by atoms with E-state index in [0.717, 1.165) is 5.56 Å². The van der Waals surface area contributed by atoms with Crippen molar-refractivity contribution in [3.8, 4) is 0 Å². The lowest BCUT2D eigenvalue weighted by atomic mass is 9.90. The standard InChI is InChI=1S/C17H21NO6/c19-15(20)6-13-8-18(9-14(13)7-16(21)22)10-17(23)24-11-12-4-2-1-3-5-12/h1-5,13-14H,6-11H2,(H,19,20)(H,21,22). The first-order valence-electron chi connectivity index (χ1n) is 7.79. The normalized spacial score (nSPS) is 20.7. The van der Waals surface area contributed by atoms with E-state index in [-0.39, 0.29) is 37.8 Å². The number of hydrogen-bond acceptors (Lipinski definition) is 5. The SMILES string of the molecule is O=C(O)CC1CN(CC(=O)OCc2ccccc2)CC1CC(=O)O. The minimum absolute atomic E-state index is 0.0407. The lowest BCUT2D eigenvalue weighted by Gasteiger charge is -2.14. The van der Waals surface area contributed by atoms with Crippen LogP contribution in [-0.4, -0.2) is 52.7 Å². The molecule has 1 saturated heterocycles. The monoisotopic (exact) mass is 335 g/mol. The third-order valence-electron chi connectivity index (χ3n) is 4.12. The number of benzene rings is 1. The maximum Gasteiger partial charge on any atom is 0.320 e. The molecule has 2 unspecified atom stereocenters. The van der Waals surface area contributed by atoms with Crippen LogP contribution < -0.4 is 0 Å². The summed E-state index contributed by atoms with van der Waals surface area (Å²) in [4.78, 5) is 35.5. The Bertz CT molecular complexity index is 564. The average Bonchev–Trinajstić information content (AvgIpc) is 2.86. The van der Waals surface area contributed by atoms with E-state index in [1.807, 2.05) is 30.3 Å². The molecule has 130 valence electrons. The Labute approximate surface area is 139 Å². The first-order chi connectivity index (χ1) is 11.4. The second-order valence-corrected chi connectivity index (χ2v) is 6.06. The summed E-state index contributed by atoms with van der Waals surface area (Å²) in [6.45, 7) is 1.01. The maximum absolute atomic E-state index is 11.9. The molecular weight excluding hydrogens is 314 g/mol. The lowest BCUT2D eigenvalue weighted by Crippen LogP contribution is -2.29. The van der Waals surface area contributed by atoms with Gasteiger partial charge in [-0.1, -0.05) is 30.3 Å². The molecule has 2 rings (SSSR count). The quantitative estimate of drug-likeness (QED) is 0.688. The van der Waals surface area contributed by atoms with Crippen molar-refractivity contribution in [2.24, 2.45) is 11.8 Å². The molecule has 1 fully saturated rings. The number of carbonyl (C=O) groups is 3. The summed E-state index contributed by atoms with van der Waals surface area (Å²) in [6, 6.07) is 9.30. The van der Waals surface area contributed by atoms with E-state index in [1.165, 1.54) is 0 Å². The summed E-state index contributed by atoms with van der Waals surface area (Å²) in [6.07, 6.45) is -0.180. The topological polar surface area (TPSA) is 104 Å². The highest BCUT2D eigenvalue weighted by Crippen LogP contribution is 2.28. The van der Waals surface area contributed by atoms with Gasteiger partial charge >= 0.3 is 17.9 Å². The van der Waals surface area contributed by atoms with Crippen molar-refractivity contribution in [3.05, 3.63) is 35.9 Å². The zero-order valence-electron chi connectivity index (χ0n) is 13.3. The van der Waals surface area contributed by atoms with Gasteiger partial charge in [-0.25, -0.2) is 0 Å². The zero-order chi connectivity index (χ0) is 17.5. The highest BCUT2D eigenvalue weighted by Gasteiger charge is 2.36. The number of aliphatic carboxylic acids is 2. The van der Waals surface area contributed by atoms with E-state index in [2.05, 4.69) is 0 Å². The fourth-order valence-corrected chi connectivity index (χ4v) is 3.04. The van der Waals surface area contributed by atoms with Crippen LogP contribution in [0.2, 0.25) is 0 Å². The molecule has 0 aliphatic carbocycles. The van der Waals surface area contributed by atoms with Gasteiger partial charge in [0.1, 0.15) is 6.61 Å². The van der Waals surface area contributed by atoms with Crippen LogP contribution >= 0.6 is 0 Å². The third-order valence-corrected chi connectivity index (χ3v) is 4.12. The number of carbonyl (C=O) groups excluding carboxylic acids is 1. The van der Waals surface area contributed by atoms with Crippen LogP contribution in [0.5, 0.6) is 0 Å². The van der Waals surface area contributed by atoms with E-state index in [0.29, 0.717) is 13.1 Å². The van der Waals surface area contributed by atoms with Gasteiger partial charge in [0, 0.05) is 25.9 Å². The van der Waals surface area contributed by atoms with Gasteiger partial charge in [0.05, 0.1) is 6.54 Å². The van der Waals surface area contributed by atoms with Crippen LogP contribution in [0.3, 0.4) is 0 Å². The van der Waals surface area contributed by atoms with E-state index in [4.69, 9.17) is 14.9 Å². The van der Waals surface area contributed by atoms with E-state index in [1.54, 1.807) is 4.90 Å². The third kappa shape index (κ3) is 5.66. The number of hydrogen-bond donors (Lipinski definition) is 2. The fraction of sp³-hybridized carbons (Fsp3) is 0.471. The van der Waals surface area contributed by atoms with Crippen LogP contribution in [0.4, 0.5) is 0 Å². The van der Waals surface area contributed by atoms with Gasteiger partial charge in [0.15, 0.2) is 0 Å². The fourth-order valence-electron chi connectivity index (χ4n) is 3.04. The first-order valence-corrected chi connectivity index (χ1v) is 7.79. The molecule has 1 aromatic carbocycles. The molecule has 7 nitrogen and oxygen atoms in total. The Kier molecular flexibility index (Phi) is 6.31. The minimum atomic E-state index is -0.955. The number of ether oxygens (including phenoxy) is 1. The molecule has 0 aromatic heterocycles. The smallest absolute Gasteiger partial charge is 0.320 e. The average molecular weight is 335 g/mol. The number of carboxylic acids is 2. The molecule has 24 heavy (non-hydrogen) atoms. The molecule has 0 radical (unpaired) electrons. The second kappa shape index (κ2) is 8.44. The molecule has 1 aliphatic heterocycles. The first kappa shape index (κ1) is 17.9. The number of esters is 1. The van der Waals surface area contributed by atoms with Gasteiger partial charge in [-0.2, -0.15) is 0 Å². The Balaban J connectivity index is 1.84. The van der Waals surface area contributed by atoms with Crippen LogP contribution in [0, 0.1) is 11.8 Å². The van der Waals surface area contributed by atoms with E-state index in [9.17, 15) is 14.4 Å². The molecule has 2 N–H and O–H groups in total. The van der Waals surface area contributed by atoms with Crippen LogP contribution in [0.25, 0.3) is 0 Å². The maximum atomic E-state index is 11.9. The number of carboxylic acid groups (broad SMARTS) is 2. The van der Waals surface area contributed by atoms with Crippen LogP contribution in [0.1, 0.15) is 18.4 Å². The van der Waals surface area contributed by atoms with Gasteiger partial charge in [0.25, 0.3) is 0 Å². The molecular formula is C17H21NO6. The molecule has 1 aromatic rings. The Morgan fingerprint density at radius 3 is 2.04 bits per heavy atom. The van der Waals surface area contributed by atoms with Crippen molar-refractivity contribution < 1.29 is 29.3 Å². The molecule has 0 amide bonds. The predicted molar refractivity (Wildman–Crippen MR) is 84.2 cm³/mol. The van der Waals surface area contributed by atoms with Crippen molar-refractivity contribution in [2.45, 2.75) is 19.4 Å². The zero-order valence-corrected chi connectivity index (χ0v) is 13.3.